The van der Waals surface area contributed by atoms with Gasteiger partial charge >= 0.3 is 0 Å². The van der Waals surface area contributed by atoms with Crippen molar-refractivity contribution in [2.24, 2.45) is 0 Å². The van der Waals surface area contributed by atoms with E-state index in [1.165, 1.54) is 0 Å². The van der Waals surface area contributed by atoms with Crippen LogP contribution in [0, 0.1) is 0 Å². The Morgan fingerprint density at radius 3 is 2.57 bits per heavy atom. The molecule has 0 atom stereocenters. The first-order valence-electron chi connectivity index (χ1n) is 2.04. The molecular formula is C5H10OS. The fourth-order valence-corrected chi connectivity index (χ4v) is 0.479. The molecule has 0 rings (SSSR count). The second-order valence-electron chi connectivity index (χ2n) is 1.25. The molecule has 0 saturated carbocycles. The van der Waals surface area contributed by atoms with Gasteiger partial charge in [-0.2, -0.15) is 0 Å². The second kappa shape index (κ2) is 4.06. The summed E-state index contributed by atoms with van der Waals surface area (Å²) in [5.41, 5.74) is 0. The van der Waals surface area contributed by atoms with Crippen molar-refractivity contribution in [3.63, 3.8) is 0 Å². The average Bonchev–Trinajstić information content (AvgIpc) is 1.61. The third kappa shape index (κ3) is 5.89. The van der Waals surface area contributed by atoms with Crippen LogP contribution >= 0.6 is 11.8 Å². The van der Waals surface area contributed by atoms with Crippen LogP contribution in [0.25, 0.3) is 0 Å². The molecule has 0 bridgehead atoms. The molecule has 0 heterocycles. The summed E-state index contributed by atoms with van der Waals surface area (Å²) in [4.78, 5) is 0. The minimum atomic E-state index is 0.718. The van der Waals surface area contributed by atoms with Crippen molar-refractivity contribution in [2.75, 3.05) is 12.2 Å². The molecule has 0 unspecified atom stereocenters. The Kier molecular flexibility index (Phi) is 4.00. The van der Waals surface area contributed by atoms with Crippen LogP contribution in [0.2, 0.25) is 0 Å². The molecule has 2 heteroatoms. The lowest BCUT2D eigenvalue weighted by atomic mass is 10.7. The molecule has 0 aliphatic heterocycles. The number of thioether (sulfide) groups is 1. The number of hydrogen-bond acceptors (Lipinski definition) is 2. The molecule has 0 aliphatic rings. The second-order valence-corrected chi connectivity index (χ2v) is 2.07. The third-order valence-corrected chi connectivity index (χ3v) is 0.777. The lowest BCUT2D eigenvalue weighted by Crippen LogP contribution is -1.82. The highest BCUT2D eigenvalue weighted by atomic mass is 32.2. The van der Waals surface area contributed by atoms with Gasteiger partial charge < -0.3 is 4.74 Å². The van der Waals surface area contributed by atoms with Gasteiger partial charge in [-0.25, -0.2) is 0 Å². The minimum Gasteiger partial charge on any atom is -0.488 e. The van der Waals surface area contributed by atoms with Gasteiger partial charge in [0, 0.05) is 0 Å². The SMILES string of the molecule is C=C(C)OCSC. The van der Waals surface area contributed by atoms with E-state index >= 15 is 0 Å². The summed E-state index contributed by atoms with van der Waals surface area (Å²) in [5.74, 6) is 1.50. The van der Waals surface area contributed by atoms with Crippen molar-refractivity contribution < 1.29 is 4.74 Å². The van der Waals surface area contributed by atoms with E-state index in [1.54, 1.807) is 11.8 Å². The molecule has 0 fully saturated rings. The molecule has 0 saturated heterocycles. The van der Waals surface area contributed by atoms with Crippen LogP contribution < -0.4 is 0 Å². The normalized spacial score (nSPS) is 8.29. The number of allylic oxidation sites excluding steroid dienone is 1. The summed E-state index contributed by atoms with van der Waals surface area (Å²) in [7, 11) is 0. The monoisotopic (exact) mass is 118 g/mol. The topological polar surface area (TPSA) is 9.23 Å². The fourth-order valence-electron chi connectivity index (χ4n) is 0.160. The molecule has 0 spiro atoms. The Morgan fingerprint density at radius 1 is 1.86 bits per heavy atom. The molecular weight excluding hydrogens is 108 g/mol. The van der Waals surface area contributed by atoms with Crippen molar-refractivity contribution >= 4 is 11.8 Å². The molecule has 0 aromatic rings. The Bertz CT molecular complexity index is 61.1. The molecule has 0 aromatic heterocycles. The Hall–Kier alpha value is -0.110. The van der Waals surface area contributed by atoms with E-state index in [0.29, 0.717) is 0 Å². The highest BCUT2D eigenvalue weighted by molar-refractivity contribution is 7.98. The Morgan fingerprint density at radius 2 is 2.43 bits per heavy atom. The first kappa shape index (κ1) is 6.89. The predicted octanol–water partition coefficient (Wildman–Crippen LogP) is 1.86. The van der Waals surface area contributed by atoms with Gasteiger partial charge in [0.05, 0.1) is 5.76 Å². The van der Waals surface area contributed by atoms with Gasteiger partial charge in [0.25, 0.3) is 0 Å². The quantitative estimate of drug-likeness (QED) is 0.413. The van der Waals surface area contributed by atoms with Gasteiger partial charge in [-0.15, -0.1) is 11.8 Å². The van der Waals surface area contributed by atoms with Crippen molar-refractivity contribution in [1.82, 2.24) is 0 Å². The van der Waals surface area contributed by atoms with E-state index in [2.05, 4.69) is 6.58 Å². The van der Waals surface area contributed by atoms with Crippen LogP contribution in [-0.4, -0.2) is 12.2 Å². The van der Waals surface area contributed by atoms with Gasteiger partial charge in [-0.3, -0.25) is 0 Å². The number of rotatable bonds is 3. The van der Waals surface area contributed by atoms with Crippen molar-refractivity contribution in [1.29, 1.82) is 0 Å². The van der Waals surface area contributed by atoms with Crippen LogP contribution in [-0.2, 0) is 4.74 Å². The molecule has 1 nitrogen and oxygen atoms in total. The summed E-state index contributed by atoms with van der Waals surface area (Å²) < 4.78 is 4.96. The largest absolute Gasteiger partial charge is 0.488 e. The molecule has 0 aliphatic carbocycles. The third-order valence-electron chi connectivity index (χ3n) is 0.423. The highest BCUT2D eigenvalue weighted by Crippen LogP contribution is 1.97. The number of hydrogen-bond donors (Lipinski definition) is 0. The van der Waals surface area contributed by atoms with Gasteiger partial charge in [0.2, 0.25) is 0 Å². The molecule has 0 radical (unpaired) electrons. The summed E-state index contributed by atoms with van der Waals surface area (Å²) in [6.07, 6.45) is 1.99. The lowest BCUT2D eigenvalue weighted by molar-refractivity contribution is 0.277. The summed E-state index contributed by atoms with van der Waals surface area (Å²) in [6.45, 7) is 5.40. The zero-order valence-corrected chi connectivity index (χ0v) is 5.55. The van der Waals surface area contributed by atoms with E-state index in [1.807, 2.05) is 13.2 Å². The standard InChI is InChI=1S/C5H10OS/c1-5(2)6-4-7-3/h1,4H2,2-3H3. The zero-order chi connectivity index (χ0) is 5.70. The minimum absolute atomic E-state index is 0.718. The van der Waals surface area contributed by atoms with E-state index in [0.717, 1.165) is 11.7 Å². The van der Waals surface area contributed by atoms with Crippen LogP contribution in [0.5, 0.6) is 0 Å². The van der Waals surface area contributed by atoms with E-state index < -0.39 is 0 Å². The summed E-state index contributed by atoms with van der Waals surface area (Å²) >= 11 is 1.65. The van der Waals surface area contributed by atoms with Crippen molar-refractivity contribution in [3.05, 3.63) is 12.3 Å². The summed E-state index contributed by atoms with van der Waals surface area (Å²) in [6, 6.07) is 0. The van der Waals surface area contributed by atoms with Crippen LogP contribution in [0.15, 0.2) is 12.3 Å². The van der Waals surface area contributed by atoms with Gasteiger partial charge in [0.15, 0.2) is 0 Å². The van der Waals surface area contributed by atoms with Crippen LogP contribution in [0.1, 0.15) is 6.92 Å². The van der Waals surface area contributed by atoms with Crippen LogP contribution in [0.3, 0.4) is 0 Å². The van der Waals surface area contributed by atoms with Crippen molar-refractivity contribution in [3.8, 4) is 0 Å². The maximum absolute atomic E-state index is 4.96. The maximum atomic E-state index is 4.96. The smallest absolute Gasteiger partial charge is 0.133 e. The zero-order valence-electron chi connectivity index (χ0n) is 4.73. The molecule has 0 N–H and O–H groups in total. The highest BCUT2D eigenvalue weighted by Gasteiger charge is 1.78. The molecule has 0 amide bonds. The lowest BCUT2D eigenvalue weighted by Gasteiger charge is -1.98. The van der Waals surface area contributed by atoms with Crippen molar-refractivity contribution in [2.45, 2.75) is 6.92 Å². The van der Waals surface area contributed by atoms with Gasteiger partial charge in [-0.05, 0) is 13.2 Å². The van der Waals surface area contributed by atoms with E-state index in [-0.39, 0.29) is 0 Å². The number of ether oxygens (including phenoxy) is 1. The molecule has 42 valence electrons. The fraction of sp³-hybridized carbons (Fsp3) is 0.600. The van der Waals surface area contributed by atoms with E-state index in [9.17, 15) is 0 Å². The van der Waals surface area contributed by atoms with Gasteiger partial charge in [0.1, 0.15) is 5.94 Å². The van der Waals surface area contributed by atoms with E-state index in [4.69, 9.17) is 4.74 Å². The molecule has 0 aromatic carbocycles. The van der Waals surface area contributed by atoms with Gasteiger partial charge in [-0.1, -0.05) is 6.58 Å². The average molecular weight is 118 g/mol. The Labute approximate surface area is 48.7 Å². The first-order valence-corrected chi connectivity index (χ1v) is 3.44. The first-order chi connectivity index (χ1) is 3.27. The summed E-state index contributed by atoms with van der Waals surface area (Å²) in [5, 5.41) is 0. The Balaban J connectivity index is 2.82. The predicted molar refractivity (Wildman–Crippen MR) is 34.3 cm³/mol. The maximum Gasteiger partial charge on any atom is 0.133 e. The molecule has 7 heavy (non-hydrogen) atoms. The van der Waals surface area contributed by atoms with Crippen LogP contribution in [0.4, 0.5) is 0 Å².